The van der Waals surface area contributed by atoms with E-state index in [-0.39, 0.29) is 17.9 Å². The van der Waals surface area contributed by atoms with Crippen molar-refractivity contribution in [3.8, 4) is 11.3 Å². The van der Waals surface area contributed by atoms with E-state index in [2.05, 4.69) is 10.3 Å². The molecule has 0 aliphatic rings. The highest BCUT2D eigenvalue weighted by Gasteiger charge is 2.13. The quantitative estimate of drug-likeness (QED) is 0.396. The van der Waals surface area contributed by atoms with Crippen molar-refractivity contribution in [2.75, 3.05) is 0 Å². The first-order valence-corrected chi connectivity index (χ1v) is 11.3. The summed E-state index contributed by atoms with van der Waals surface area (Å²) >= 11 is 1.63. The largest absolute Gasteiger partial charge is 0.350 e. The fourth-order valence-electron chi connectivity index (χ4n) is 3.94. The summed E-state index contributed by atoms with van der Waals surface area (Å²) in [7, 11) is 0. The normalized spacial score (nSPS) is 11.2. The molecular formula is C26H21N3O2S. The van der Waals surface area contributed by atoms with E-state index in [1.54, 1.807) is 11.3 Å². The smallest absolute Gasteiger partial charge is 0.240 e. The molecule has 0 spiro atoms. The van der Waals surface area contributed by atoms with Crippen molar-refractivity contribution in [2.24, 2.45) is 0 Å². The lowest BCUT2D eigenvalue weighted by molar-refractivity contribution is -0.121. The second-order valence-corrected chi connectivity index (χ2v) is 8.74. The lowest BCUT2D eigenvalue weighted by Gasteiger charge is -2.15. The standard InChI is InChI=1S/C26H21N3O2S/c1-17-28-22(16-32-17)19-12-10-18(11-13-19)14-27-25(30)15-29-23-8-4-2-6-20(23)26(31)21-7-3-5-9-24(21)29/h2-13,16H,14-15H2,1H3,(H,27,30). The average Bonchev–Trinajstić information content (AvgIpc) is 3.27. The van der Waals surface area contributed by atoms with Gasteiger partial charge < -0.3 is 9.88 Å². The first-order valence-electron chi connectivity index (χ1n) is 10.4. The molecule has 5 aromatic rings. The van der Waals surface area contributed by atoms with Crippen molar-refractivity contribution in [3.05, 3.63) is 99.0 Å². The van der Waals surface area contributed by atoms with Gasteiger partial charge in [0.05, 0.1) is 21.7 Å². The molecule has 0 fully saturated rings. The summed E-state index contributed by atoms with van der Waals surface area (Å²) in [6, 6.07) is 22.9. The zero-order chi connectivity index (χ0) is 22.1. The van der Waals surface area contributed by atoms with E-state index in [4.69, 9.17) is 0 Å². The minimum Gasteiger partial charge on any atom is -0.350 e. The molecule has 0 saturated heterocycles. The van der Waals surface area contributed by atoms with Crippen LogP contribution >= 0.6 is 11.3 Å². The van der Waals surface area contributed by atoms with Crippen LogP contribution in [0.25, 0.3) is 33.1 Å². The number of nitrogens with one attached hydrogen (secondary N) is 1. The molecule has 2 heterocycles. The molecular weight excluding hydrogens is 418 g/mol. The van der Waals surface area contributed by atoms with Crippen LogP contribution in [0.15, 0.2) is 83.0 Å². The van der Waals surface area contributed by atoms with Crippen molar-refractivity contribution in [1.82, 2.24) is 14.9 Å². The second-order valence-electron chi connectivity index (χ2n) is 7.67. The SMILES string of the molecule is Cc1nc(-c2ccc(CNC(=O)Cn3c4ccccc4c(=O)c4ccccc43)cc2)cs1. The molecule has 0 aliphatic carbocycles. The molecule has 158 valence electrons. The number of rotatable bonds is 5. The van der Waals surface area contributed by atoms with Gasteiger partial charge in [-0.25, -0.2) is 4.98 Å². The van der Waals surface area contributed by atoms with Crippen molar-refractivity contribution in [3.63, 3.8) is 0 Å². The summed E-state index contributed by atoms with van der Waals surface area (Å²) in [5, 5.41) is 7.33. The number of pyridine rings is 1. The number of carbonyl (C=O) groups is 1. The Morgan fingerprint density at radius 2 is 1.56 bits per heavy atom. The lowest BCUT2D eigenvalue weighted by atomic mass is 10.1. The number of aryl methyl sites for hydroxylation is 1. The summed E-state index contributed by atoms with van der Waals surface area (Å²) in [5.41, 5.74) is 4.56. The summed E-state index contributed by atoms with van der Waals surface area (Å²) in [6.07, 6.45) is 0. The molecule has 1 amide bonds. The highest BCUT2D eigenvalue weighted by Crippen LogP contribution is 2.22. The second kappa shape index (κ2) is 8.40. The third-order valence-electron chi connectivity index (χ3n) is 5.54. The predicted octanol–water partition coefficient (Wildman–Crippen LogP) is 4.90. The van der Waals surface area contributed by atoms with Crippen LogP contribution in [0.3, 0.4) is 0 Å². The van der Waals surface area contributed by atoms with Crippen LogP contribution in [0.2, 0.25) is 0 Å². The molecule has 5 nitrogen and oxygen atoms in total. The molecule has 0 radical (unpaired) electrons. The van der Waals surface area contributed by atoms with Gasteiger partial charge in [0.25, 0.3) is 0 Å². The summed E-state index contributed by atoms with van der Waals surface area (Å²) in [6.45, 7) is 2.57. The molecule has 6 heteroatoms. The van der Waals surface area contributed by atoms with Gasteiger partial charge in [-0.05, 0) is 36.8 Å². The van der Waals surface area contributed by atoms with Gasteiger partial charge in [0.1, 0.15) is 6.54 Å². The van der Waals surface area contributed by atoms with Gasteiger partial charge in [0.15, 0.2) is 5.43 Å². The first kappa shape index (κ1) is 20.2. The van der Waals surface area contributed by atoms with Gasteiger partial charge in [-0.15, -0.1) is 11.3 Å². The van der Waals surface area contributed by atoms with Crippen LogP contribution in [0.1, 0.15) is 10.6 Å². The Morgan fingerprint density at radius 3 is 2.16 bits per heavy atom. The number of benzene rings is 3. The minimum absolute atomic E-state index is 0.0109. The Labute approximate surface area is 189 Å². The zero-order valence-electron chi connectivity index (χ0n) is 17.5. The average molecular weight is 440 g/mol. The molecule has 0 aliphatic heterocycles. The van der Waals surface area contributed by atoms with E-state index in [0.29, 0.717) is 17.3 Å². The van der Waals surface area contributed by atoms with E-state index in [1.165, 1.54) is 0 Å². The maximum Gasteiger partial charge on any atom is 0.240 e. The minimum atomic E-state index is -0.108. The van der Waals surface area contributed by atoms with Gasteiger partial charge in [-0.3, -0.25) is 9.59 Å². The number of amides is 1. The van der Waals surface area contributed by atoms with E-state index in [1.807, 2.05) is 89.7 Å². The fraction of sp³-hybridized carbons (Fsp3) is 0.115. The van der Waals surface area contributed by atoms with Gasteiger partial charge in [-0.2, -0.15) is 0 Å². The summed E-state index contributed by atoms with van der Waals surface area (Å²) in [4.78, 5) is 30.2. The van der Waals surface area contributed by atoms with Crippen LogP contribution in [0, 0.1) is 6.92 Å². The number of para-hydroxylation sites is 2. The maximum atomic E-state index is 12.9. The van der Waals surface area contributed by atoms with Crippen LogP contribution < -0.4 is 10.7 Å². The van der Waals surface area contributed by atoms with E-state index in [9.17, 15) is 9.59 Å². The van der Waals surface area contributed by atoms with E-state index in [0.717, 1.165) is 32.9 Å². The Kier molecular flexibility index (Phi) is 5.29. The van der Waals surface area contributed by atoms with Crippen LogP contribution in [0.4, 0.5) is 0 Å². The van der Waals surface area contributed by atoms with Crippen molar-refractivity contribution >= 4 is 39.0 Å². The number of hydrogen-bond acceptors (Lipinski definition) is 4. The molecule has 0 saturated carbocycles. The molecule has 3 aromatic carbocycles. The third-order valence-corrected chi connectivity index (χ3v) is 6.31. The van der Waals surface area contributed by atoms with Crippen LogP contribution in [-0.2, 0) is 17.9 Å². The van der Waals surface area contributed by atoms with Crippen LogP contribution in [-0.4, -0.2) is 15.5 Å². The number of fused-ring (bicyclic) bond motifs is 2. The van der Waals surface area contributed by atoms with E-state index < -0.39 is 0 Å². The molecule has 32 heavy (non-hydrogen) atoms. The molecule has 0 atom stereocenters. The Hall–Kier alpha value is -3.77. The highest BCUT2D eigenvalue weighted by atomic mass is 32.1. The van der Waals surface area contributed by atoms with Crippen molar-refractivity contribution in [2.45, 2.75) is 20.0 Å². The summed E-state index contributed by atoms with van der Waals surface area (Å²) in [5.74, 6) is -0.108. The Morgan fingerprint density at radius 1 is 0.938 bits per heavy atom. The fourth-order valence-corrected chi connectivity index (χ4v) is 4.56. The Bertz CT molecular complexity index is 1440. The van der Waals surface area contributed by atoms with E-state index >= 15 is 0 Å². The summed E-state index contributed by atoms with van der Waals surface area (Å²) < 4.78 is 1.91. The topological polar surface area (TPSA) is 64.0 Å². The maximum absolute atomic E-state index is 12.9. The van der Waals surface area contributed by atoms with Gasteiger partial charge in [0.2, 0.25) is 5.91 Å². The lowest BCUT2D eigenvalue weighted by Crippen LogP contribution is -2.28. The van der Waals surface area contributed by atoms with Crippen molar-refractivity contribution < 1.29 is 4.79 Å². The van der Waals surface area contributed by atoms with Gasteiger partial charge >= 0.3 is 0 Å². The number of aromatic nitrogens is 2. The van der Waals surface area contributed by atoms with Gasteiger partial charge in [0, 0.05) is 28.3 Å². The zero-order valence-corrected chi connectivity index (χ0v) is 18.4. The molecule has 5 rings (SSSR count). The van der Waals surface area contributed by atoms with Gasteiger partial charge in [-0.1, -0.05) is 48.5 Å². The van der Waals surface area contributed by atoms with Crippen LogP contribution in [0.5, 0.6) is 0 Å². The number of carbonyl (C=O) groups excluding carboxylic acids is 1. The third kappa shape index (κ3) is 3.81. The number of thiazole rings is 1. The molecule has 0 unspecified atom stereocenters. The Balaban J connectivity index is 1.36. The number of nitrogens with zero attached hydrogens (tertiary/aromatic N) is 2. The number of hydrogen-bond donors (Lipinski definition) is 1. The monoisotopic (exact) mass is 439 g/mol. The molecule has 1 N–H and O–H groups in total. The predicted molar refractivity (Wildman–Crippen MR) is 130 cm³/mol. The van der Waals surface area contributed by atoms with Crippen molar-refractivity contribution in [1.29, 1.82) is 0 Å². The highest BCUT2D eigenvalue weighted by molar-refractivity contribution is 7.09. The first-order chi connectivity index (χ1) is 15.6. The molecule has 2 aromatic heterocycles. The molecule has 0 bridgehead atoms.